The molecule has 106 valence electrons. The summed E-state index contributed by atoms with van der Waals surface area (Å²) < 4.78 is 0. The van der Waals surface area contributed by atoms with Gasteiger partial charge in [0.1, 0.15) is 0 Å². The molecule has 1 unspecified atom stereocenters. The predicted octanol–water partition coefficient (Wildman–Crippen LogP) is 3.75. The van der Waals surface area contributed by atoms with E-state index in [9.17, 15) is 4.79 Å². The van der Waals surface area contributed by atoms with Crippen LogP contribution in [0.4, 0.5) is 5.69 Å². The molecule has 1 aromatic heterocycles. The van der Waals surface area contributed by atoms with Crippen molar-refractivity contribution in [2.24, 2.45) is 0 Å². The molecular formula is C16H20N2OS. The van der Waals surface area contributed by atoms with E-state index in [1.807, 2.05) is 19.9 Å². The van der Waals surface area contributed by atoms with Gasteiger partial charge >= 0.3 is 0 Å². The molecule has 4 heteroatoms. The van der Waals surface area contributed by atoms with Crippen LogP contribution < -0.4 is 11.1 Å². The second kappa shape index (κ2) is 5.67. The monoisotopic (exact) mass is 288 g/mol. The molecule has 0 aliphatic heterocycles. The van der Waals surface area contributed by atoms with Crippen LogP contribution in [0.3, 0.4) is 0 Å². The summed E-state index contributed by atoms with van der Waals surface area (Å²) in [4.78, 5) is 14.8. The highest BCUT2D eigenvalue weighted by molar-refractivity contribution is 7.12. The Kier molecular flexibility index (Phi) is 4.14. The van der Waals surface area contributed by atoms with Crippen LogP contribution in [0.25, 0.3) is 0 Å². The lowest BCUT2D eigenvalue weighted by molar-refractivity contribution is 0.0940. The molecule has 0 radical (unpaired) electrons. The first-order valence-electron chi connectivity index (χ1n) is 6.62. The Morgan fingerprint density at radius 2 is 1.95 bits per heavy atom. The summed E-state index contributed by atoms with van der Waals surface area (Å²) in [6, 6.07) is 7.53. The van der Waals surface area contributed by atoms with E-state index in [4.69, 9.17) is 5.73 Å². The third-order valence-corrected chi connectivity index (χ3v) is 4.42. The molecule has 0 fully saturated rings. The van der Waals surface area contributed by atoms with Crippen molar-refractivity contribution in [1.29, 1.82) is 0 Å². The number of aryl methyl sites for hydroxylation is 3. The molecular weight excluding hydrogens is 268 g/mol. The molecule has 0 aliphatic carbocycles. The third kappa shape index (κ3) is 3.02. The first-order valence-corrected chi connectivity index (χ1v) is 7.44. The van der Waals surface area contributed by atoms with Crippen molar-refractivity contribution < 1.29 is 4.79 Å². The number of hydrogen-bond acceptors (Lipinski definition) is 3. The van der Waals surface area contributed by atoms with Crippen LogP contribution in [-0.4, -0.2) is 5.91 Å². The Bertz CT molecular complexity index is 646. The zero-order valence-corrected chi connectivity index (χ0v) is 13.1. The maximum absolute atomic E-state index is 12.2. The van der Waals surface area contributed by atoms with Crippen LogP contribution in [0.15, 0.2) is 24.3 Å². The summed E-state index contributed by atoms with van der Waals surface area (Å²) in [5, 5.41) is 3.03. The second-order valence-electron chi connectivity index (χ2n) is 5.14. The molecule has 2 rings (SSSR count). The lowest BCUT2D eigenvalue weighted by Crippen LogP contribution is -2.26. The molecule has 0 spiro atoms. The van der Waals surface area contributed by atoms with Crippen molar-refractivity contribution in [2.75, 3.05) is 5.73 Å². The number of hydrogen-bond donors (Lipinski definition) is 2. The SMILES string of the molecule is Cc1cc(C(C)NC(=O)c2ccc(C)c(N)c2)c(C)s1. The van der Waals surface area contributed by atoms with Gasteiger partial charge in [-0.2, -0.15) is 0 Å². The number of carbonyl (C=O) groups is 1. The molecule has 0 saturated heterocycles. The zero-order valence-electron chi connectivity index (χ0n) is 12.3. The number of thiophene rings is 1. The van der Waals surface area contributed by atoms with Gasteiger partial charge in [-0.15, -0.1) is 11.3 Å². The van der Waals surface area contributed by atoms with Gasteiger partial charge in [0, 0.05) is 21.0 Å². The lowest BCUT2D eigenvalue weighted by atomic mass is 10.1. The number of nitrogen functional groups attached to an aromatic ring is 1. The first kappa shape index (κ1) is 14.6. The van der Waals surface area contributed by atoms with Crippen molar-refractivity contribution >= 4 is 22.9 Å². The lowest BCUT2D eigenvalue weighted by Gasteiger charge is -2.14. The van der Waals surface area contributed by atoms with Gasteiger partial charge in [0.2, 0.25) is 0 Å². The zero-order chi connectivity index (χ0) is 14.9. The van der Waals surface area contributed by atoms with Gasteiger partial charge in [-0.05, 0) is 57.0 Å². The molecule has 3 N–H and O–H groups in total. The summed E-state index contributed by atoms with van der Waals surface area (Å²) in [6.07, 6.45) is 0. The van der Waals surface area contributed by atoms with Gasteiger partial charge in [0.15, 0.2) is 0 Å². The molecule has 2 aromatic rings. The smallest absolute Gasteiger partial charge is 0.251 e. The van der Waals surface area contributed by atoms with E-state index in [1.54, 1.807) is 23.5 Å². The first-order chi connectivity index (χ1) is 9.38. The standard InChI is InChI=1S/C16H20N2OS/c1-9-5-6-13(8-15(9)17)16(19)18-11(3)14-7-10(2)20-12(14)4/h5-8,11H,17H2,1-4H3,(H,18,19). The third-order valence-electron chi connectivity index (χ3n) is 3.43. The summed E-state index contributed by atoms with van der Waals surface area (Å²) >= 11 is 1.75. The van der Waals surface area contributed by atoms with E-state index in [1.165, 1.54) is 15.3 Å². The van der Waals surface area contributed by atoms with Gasteiger partial charge in [0.25, 0.3) is 5.91 Å². The van der Waals surface area contributed by atoms with Crippen LogP contribution in [0, 0.1) is 20.8 Å². The Morgan fingerprint density at radius 1 is 1.25 bits per heavy atom. The highest BCUT2D eigenvalue weighted by atomic mass is 32.1. The maximum atomic E-state index is 12.2. The fraction of sp³-hybridized carbons (Fsp3) is 0.312. The summed E-state index contributed by atoms with van der Waals surface area (Å²) in [7, 11) is 0. The van der Waals surface area contributed by atoms with E-state index in [0.717, 1.165) is 5.56 Å². The van der Waals surface area contributed by atoms with Crippen LogP contribution in [0.5, 0.6) is 0 Å². The van der Waals surface area contributed by atoms with Gasteiger partial charge in [-0.3, -0.25) is 4.79 Å². The van der Waals surface area contributed by atoms with E-state index in [0.29, 0.717) is 11.3 Å². The Labute approximate surface area is 123 Å². The summed E-state index contributed by atoms with van der Waals surface area (Å²) in [5.74, 6) is -0.0903. The molecule has 20 heavy (non-hydrogen) atoms. The van der Waals surface area contributed by atoms with Crippen LogP contribution in [0.2, 0.25) is 0 Å². The number of rotatable bonds is 3. The number of amides is 1. The average Bonchev–Trinajstić information content (AvgIpc) is 2.71. The topological polar surface area (TPSA) is 55.1 Å². The number of nitrogens with one attached hydrogen (secondary N) is 1. The van der Waals surface area contributed by atoms with Crippen molar-refractivity contribution in [1.82, 2.24) is 5.32 Å². The molecule has 1 atom stereocenters. The fourth-order valence-electron chi connectivity index (χ4n) is 2.22. The minimum Gasteiger partial charge on any atom is -0.398 e. The number of nitrogens with two attached hydrogens (primary N) is 1. The number of carbonyl (C=O) groups excluding carboxylic acids is 1. The minimum absolute atomic E-state index is 0.00465. The van der Waals surface area contributed by atoms with Gasteiger partial charge in [0.05, 0.1) is 6.04 Å². The fourth-order valence-corrected chi connectivity index (χ4v) is 3.24. The van der Waals surface area contributed by atoms with Crippen LogP contribution in [-0.2, 0) is 0 Å². The molecule has 3 nitrogen and oxygen atoms in total. The van der Waals surface area contributed by atoms with Crippen LogP contribution >= 0.6 is 11.3 Å². The van der Waals surface area contributed by atoms with E-state index >= 15 is 0 Å². The Hall–Kier alpha value is -1.81. The Morgan fingerprint density at radius 3 is 2.50 bits per heavy atom. The van der Waals surface area contributed by atoms with Gasteiger partial charge < -0.3 is 11.1 Å². The molecule has 1 amide bonds. The van der Waals surface area contributed by atoms with E-state index in [2.05, 4.69) is 25.2 Å². The molecule has 1 aromatic carbocycles. The highest BCUT2D eigenvalue weighted by Gasteiger charge is 2.15. The largest absolute Gasteiger partial charge is 0.398 e. The van der Waals surface area contributed by atoms with Crippen molar-refractivity contribution in [3.05, 3.63) is 50.7 Å². The van der Waals surface area contributed by atoms with E-state index in [-0.39, 0.29) is 11.9 Å². The normalized spacial score (nSPS) is 12.2. The second-order valence-corrected chi connectivity index (χ2v) is 6.60. The Balaban J connectivity index is 2.15. The molecule has 0 aliphatic rings. The summed E-state index contributed by atoms with van der Waals surface area (Å²) in [5.41, 5.74) is 9.26. The maximum Gasteiger partial charge on any atom is 0.251 e. The molecule has 0 saturated carbocycles. The number of anilines is 1. The quantitative estimate of drug-likeness (QED) is 0.845. The van der Waals surface area contributed by atoms with Gasteiger partial charge in [-0.25, -0.2) is 0 Å². The number of benzene rings is 1. The average molecular weight is 288 g/mol. The van der Waals surface area contributed by atoms with Gasteiger partial charge in [-0.1, -0.05) is 6.07 Å². The van der Waals surface area contributed by atoms with Crippen molar-refractivity contribution in [3.63, 3.8) is 0 Å². The highest BCUT2D eigenvalue weighted by Crippen LogP contribution is 2.26. The van der Waals surface area contributed by atoms with Crippen molar-refractivity contribution in [3.8, 4) is 0 Å². The summed E-state index contributed by atoms with van der Waals surface area (Å²) in [6.45, 7) is 8.09. The van der Waals surface area contributed by atoms with Crippen LogP contribution in [0.1, 0.15) is 44.2 Å². The molecule has 1 heterocycles. The van der Waals surface area contributed by atoms with Crippen molar-refractivity contribution in [2.45, 2.75) is 33.7 Å². The molecule has 0 bridgehead atoms. The predicted molar refractivity (Wildman–Crippen MR) is 85.3 cm³/mol. The van der Waals surface area contributed by atoms with E-state index < -0.39 is 0 Å². The minimum atomic E-state index is -0.0903.